The lowest BCUT2D eigenvalue weighted by atomic mass is 10.1. The van der Waals surface area contributed by atoms with E-state index in [1.165, 1.54) is 11.8 Å². The summed E-state index contributed by atoms with van der Waals surface area (Å²) in [6.45, 7) is 4.02. The average Bonchev–Trinajstić information content (AvgIpc) is 3.52. The van der Waals surface area contributed by atoms with Crippen molar-refractivity contribution in [1.82, 2.24) is 19.9 Å². The van der Waals surface area contributed by atoms with E-state index in [2.05, 4.69) is 20.7 Å². The number of benzene rings is 1. The maximum absolute atomic E-state index is 12.5. The first-order valence-corrected chi connectivity index (χ1v) is 11.4. The van der Waals surface area contributed by atoms with Crippen LogP contribution in [0, 0.1) is 0 Å². The quantitative estimate of drug-likeness (QED) is 0.380. The van der Waals surface area contributed by atoms with Gasteiger partial charge in [-0.15, -0.1) is 21.5 Å². The molecule has 4 aromatic rings. The summed E-state index contributed by atoms with van der Waals surface area (Å²) < 4.78 is 12.6. The van der Waals surface area contributed by atoms with Crippen molar-refractivity contribution in [3.05, 3.63) is 53.5 Å². The molecule has 1 aromatic carbocycles. The Morgan fingerprint density at radius 2 is 2.10 bits per heavy atom. The van der Waals surface area contributed by atoms with Gasteiger partial charge in [0.05, 0.1) is 29.1 Å². The number of carbonyl (C=O) groups excluding carboxylic acids is 1. The summed E-state index contributed by atoms with van der Waals surface area (Å²) in [5, 5.41) is 18.0. The summed E-state index contributed by atoms with van der Waals surface area (Å²) >= 11 is 2.85. The van der Waals surface area contributed by atoms with E-state index in [9.17, 15) is 4.79 Å². The molecule has 3 aromatic heterocycles. The van der Waals surface area contributed by atoms with E-state index in [1.807, 2.05) is 60.2 Å². The second-order valence-electron chi connectivity index (χ2n) is 6.90. The van der Waals surface area contributed by atoms with Gasteiger partial charge in [-0.25, -0.2) is 0 Å². The van der Waals surface area contributed by atoms with Gasteiger partial charge in [-0.1, -0.05) is 49.0 Å². The van der Waals surface area contributed by atoms with Crippen molar-refractivity contribution >= 4 is 34.9 Å². The minimum Gasteiger partial charge on any atom is -0.495 e. The van der Waals surface area contributed by atoms with Gasteiger partial charge in [-0.05, 0) is 29.5 Å². The molecule has 3 heterocycles. The molecular formula is C21H21N5O3S2. The molecule has 1 amide bonds. The predicted molar refractivity (Wildman–Crippen MR) is 121 cm³/mol. The number of ether oxygens (including phenoxy) is 1. The van der Waals surface area contributed by atoms with E-state index in [0.717, 1.165) is 16.3 Å². The molecule has 8 nitrogen and oxygen atoms in total. The van der Waals surface area contributed by atoms with E-state index < -0.39 is 0 Å². The molecular weight excluding hydrogens is 434 g/mol. The van der Waals surface area contributed by atoms with Gasteiger partial charge in [-0.3, -0.25) is 14.7 Å². The third-order valence-electron chi connectivity index (χ3n) is 4.42. The van der Waals surface area contributed by atoms with Crippen LogP contribution in [0.3, 0.4) is 0 Å². The Hall–Kier alpha value is -3.11. The molecule has 0 aliphatic heterocycles. The molecule has 0 bridgehead atoms. The molecule has 1 N–H and O–H groups in total. The van der Waals surface area contributed by atoms with E-state index in [1.54, 1.807) is 24.5 Å². The zero-order valence-corrected chi connectivity index (χ0v) is 18.9. The van der Waals surface area contributed by atoms with Gasteiger partial charge >= 0.3 is 0 Å². The molecule has 31 heavy (non-hydrogen) atoms. The van der Waals surface area contributed by atoms with Crippen LogP contribution < -0.4 is 10.1 Å². The van der Waals surface area contributed by atoms with E-state index >= 15 is 0 Å². The lowest BCUT2D eigenvalue weighted by Crippen LogP contribution is -2.14. The molecule has 0 aliphatic carbocycles. The Morgan fingerprint density at radius 1 is 1.26 bits per heavy atom. The van der Waals surface area contributed by atoms with Gasteiger partial charge < -0.3 is 9.26 Å². The molecule has 0 saturated heterocycles. The number of nitrogens with zero attached hydrogens (tertiary/aromatic N) is 4. The number of carbonyl (C=O) groups is 1. The summed E-state index contributed by atoms with van der Waals surface area (Å²) in [4.78, 5) is 13.4. The number of amides is 1. The molecule has 0 spiro atoms. The number of rotatable bonds is 8. The highest BCUT2D eigenvalue weighted by molar-refractivity contribution is 7.99. The van der Waals surface area contributed by atoms with Crippen LogP contribution in [0.5, 0.6) is 5.75 Å². The zero-order chi connectivity index (χ0) is 21.8. The Balaban J connectivity index is 1.57. The number of nitrogens with one attached hydrogen (secondary N) is 1. The minimum atomic E-state index is -0.219. The molecule has 0 atom stereocenters. The van der Waals surface area contributed by atoms with Gasteiger partial charge in [0.25, 0.3) is 0 Å². The molecule has 0 saturated carbocycles. The number of para-hydroxylation sites is 2. The average molecular weight is 456 g/mol. The second-order valence-corrected chi connectivity index (χ2v) is 8.79. The van der Waals surface area contributed by atoms with Crippen molar-refractivity contribution < 1.29 is 14.1 Å². The van der Waals surface area contributed by atoms with Crippen LogP contribution >= 0.6 is 23.1 Å². The first kappa shape index (κ1) is 21.1. The van der Waals surface area contributed by atoms with Crippen molar-refractivity contribution in [1.29, 1.82) is 0 Å². The fourth-order valence-corrected chi connectivity index (χ4v) is 4.33. The van der Waals surface area contributed by atoms with Crippen LogP contribution in [0.25, 0.3) is 16.4 Å². The number of hydrogen-bond donors (Lipinski definition) is 1. The van der Waals surface area contributed by atoms with Crippen LogP contribution in [0.15, 0.2) is 57.5 Å². The van der Waals surface area contributed by atoms with Crippen LogP contribution in [0.1, 0.15) is 25.5 Å². The first-order chi connectivity index (χ1) is 15.1. The molecule has 0 unspecified atom stereocenters. The third-order valence-corrected chi connectivity index (χ3v) is 6.21. The van der Waals surface area contributed by atoms with Gasteiger partial charge in [0.15, 0.2) is 11.0 Å². The molecule has 10 heteroatoms. The lowest BCUT2D eigenvalue weighted by molar-refractivity contribution is -0.113. The van der Waals surface area contributed by atoms with Crippen molar-refractivity contribution in [2.24, 2.45) is 0 Å². The monoisotopic (exact) mass is 455 g/mol. The molecule has 0 fully saturated rings. The predicted octanol–water partition coefficient (Wildman–Crippen LogP) is 4.85. The summed E-state index contributed by atoms with van der Waals surface area (Å²) in [5.74, 6) is 1.85. The fourth-order valence-electron chi connectivity index (χ4n) is 2.88. The maximum Gasteiger partial charge on any atom is 0.237 e. The Labute approximate surface area is 187 Å². The topological polar surface area (TPSA) is 95.1 Å². The van der Waals surface area contributed by atoms with Crippen molar-refractivity contribution in [2.45, 2.75) is 24.9 Å². The Bertz CT molecular complexity index is 1170. The normalized spacial score (nSPS) is 11.1. The molecule has 0 radical (unpaired) electrons. The largest absolute Gasteiger partial charge is 0.495 e. The van der Waals surface area contributed by atoms with Crippen LogP contribution in [0.4, 0.5) is 5.88 Å². The van der Waals surface area contributed by atoms with Gasteiger partial charge in [0.2, 0.25) is 11.8 Å². The van der Waals surface area contributed by atoms with Crippen molar-refractivity contribution in [3.8, 4) is 22.1 Å². The Morgan fingerprint density at radius 3 is 2.81 bits per heavy atom. The number of methoxy groups -OCH3 is 1. The van der Waals surface area contributed by atoms with E-state index in [-0.39, 0.29) is 17.6 Å². The zero-order valence-electron chi connectivity index (χ0n) is 17.2. The smallest absolute Gasteiger partial charge is 0.237 e. The summed E-state index contributed by atoms with van der Waals surface area (Å²) in [6.07, 6.45) is 0. The van der Waals surface area contributed by atoms with Gasteiger partial charge in [0.1, 0.15) is 5.75 Å². The van der Waals surface area contributed by atoms with Gasteiger partial charge in [0, 0.05) is 6.07 Å². The molecule has 160 valence electrons. The second kappa shape index (κ2) is 9.36. The highest BCUT2D eigenvalue weighted by atomic mass is 32.2. The summed E-state index contributed by atoms with van der Waals surface area (Å²) in [5.41, 5.74) is 1.59. The number of thioether (sulfide) groups is 1. The van der Waals surface area contributed by atoms with E-state index in [4.69, 9.17) is 9.26 Å². The third kappa shape index (κ3) is 4.64. The van der Waals surface area contributed by atoms with Crippen LogP contribution in [-0.4, -0.2) is 38.7 Å². The molecule has 4 rings (SSSR count). The first-order valence-electron chi connectivity index (χ1n) is 9.58. The maximum atomic E-state index is 12.5. The van der Waals surface area contributed by atoms with Crippen LogP contribution in [0.2, 0.25) is 0 Å². The van der Waals surface area contributed by atoms with Crippen molar-refractivity contribution in [2.75, 3.05) is 18.2 Å². The Kier molecular flexibility index (Phi) is 6.38. The van der Waals surface area contributed by atoms with Crippen LogP contribution in [-0.2, 0) is 4.79 Å². The fraction of sp³-hybridized carbons (Fsp3) is 0.238. The molecule has 0 aliphatic rings. The number of thiophene rings is 1. The summed E-state index contributed by atoms with van der Waals surface area (Å²) in [7, 11) is 1.62. The summed E-state index contributed by atoms with van der Waals surface area (Å²) in [6, 6.07) is 13.3. The minimum absolute atomic E-state index is 0.134. The number of hydrogen-bond acceptors (Lipinski definition) is 8. The standard InChI is InChI=1S/C21H21N5O3S2/c1-13(2)14-11-19(29-25-14)22-18(27)12-31-21-24-23-20(17-9-6-10-30-17)26(21)15-7-4-5-8-16(15)28-3/h4-11,13H,12H2,1-3H3,(H,22,27). The number of anilines is 1. The highest BCUT2D eigenvalue weighted by Crippen LogP contribution is 2.34. The lowest BCUT2D eigenvalue weighted by Gasteiger charge is -2.13. The van der Waals surface area contributed by atoms with Crippen molar-refractivity contribution in [3.63, 3.8) is 0 Å². The van der Waals surface area contributed by atoms with E-state index in [0.29, 0.717) is 22.6 Å². The SMILES string of the molecule is COc1ccccc1-n1c(SCC(=O)Nc2cc(C(C)C)no2)nnc1-c1cccs1. The number of aromatic nitrogens is 4. The van der Waals surface area contributed by atoms with Gasteiger partial charge in [-0.2, -0.15) is 0 Å². The highest BCUT2D eigenvalue weighted by Gasteiger charge is 2.20.